The Hall–Kier alpha value is -1.04. The summed E-state index contributed by atoms with van der Waals surface area (Å²) in [6, 6.07) is 0. The first-order valence-electron chi connectivity index (χ1n) is 4.86. The third-order valence-corrected chi connectivity index (χ3v) is 2.59. The highest BCUT2D eigenvalue weighted by Gasteiger charge is 2.32. The number of halogens is 3. The first kappa shape index (κ1) is 10.5. The van der Waals surface area contributed by atoms with Crippen molar-refractivity contribution in [3.8, 4) is 0 Å². The van der Waals surface area contributed by atoms with Gasteiger partial charge in [0.1, 0.15) is 0 Å². The summed E-state index contributed by atoms with van der Waals surface area (Å²) in [4.78, 5) is 0. The summed E-state index contributed by atoms with van der Waals surface area (Å²) in [5.74, 6) is 0.587. The molecule has 0 radical (unpaired) electrons. The van der Waals surface area contributed by atoms with Crippen LogP contribution < -0.4 is 5.32 Å². The van der Waals surface area contributed by atoms with E-state index in [1.165, 1.54) is 4.68 Å². The van der Waals surface area contributed by atoms with Crippen LogP contribution in [-0.2, 0) is 12.7 Å². The number of hydrogen-bond donors (Lipinski definition) is 1. The van der Waals surface area contributed by atoms with Gasteiger partial charge in [-0.25, -0.2) is 0 Å². The van der Waals surface area contributed by atoms with Crippen LogP contribution in [0.4, 0.5) is 13.2 Å². The molecule has 0 spiro atoms. The Bertz CT molecular complexity index is 328. The van der Waals surface area contributed by atoms with Crippen molar-refractivity contribution in [3.63, 3.8) is 0 Å². The van der Waals surface area contributed by atoms with Gasteiger partial charge in [0.15, 0.2) is 0 Å². The summed E-state index contributed by atoms with van der Waals surface area (Å²) in [7, 11) is 0. The molecule has 1 aliphatic heterocycles. The zero-order chi connectivity index (χ0) is 10.9. The molecule has 0 atom stereocenters. The van der Waals surface area contributed by atoms with E-state index in [4.69, 9.17) is 0 Å². The highest BCUT2D eigenvalue weighted by molar-refractivity contribution is 5.08. The third-order valence-electron chi connectivity index (χ3n) is 2.59. The molecular formula is C9H12F3N3. The van der Waals surface area contributed by atoms with Crippen molar-refractivity contribution in [2.24, 2.45) is 5.92 Å². The summed E-state index contributed by atoms with van der Waals surface area (Å²) >= 11 is 0. The van der Waals surface area contributed by atoms with Crippen molar-refractivity contribution in [3.05, 3.63) is 18.0 Å². The lowest BCUT2D eigenvalue weighted by Crippen LogP contribution is -2.42. The molecule has 2 rings (SSSR count). The molecule has 0 amide bonds. The Morgan fingerprint density at radius 3 is 2.67 bits per heavy atom. The molecule has 1 saturated heterocycles. The van der Waals surface area contributed by atoms with Gasteiger partial charge in [0.05, 0.1) is 11.8 Å². The second-order valence-corrected chi connectivity index (χ2v) is 3.80. The van der Waals surface area contributed by atoms with E-state index in [-0.39, 0.29) is 0 Å². The summed E-state index contributed by atoms with van der Waals surface area (Å²) in [6.45, 7) is 2.49. The van der Waals surface area contributed by atoms with Crippen LogP contribution in [-0.4, -0.2) is 22.9 Å². The molecule has 0 unspecified atom stereocenters. The van der Waals surface area contributed by atoms with Gasteiger partial charge in [-0.3, -0.25) is 4.68 Å². The van der Waals surface area contributed by atoms with Gasteiger partial charge < -0.3 is 5.32 Å². The van der Waals surface area contributed by atoms with Crippen LogP contribution in [0.15, 0.2) is 12.4 Å². The van der Waals surface area contributed by atoms with E-state index in [0.717, 1.165) is 31.9 Å². The zero-order valence-corrected chi connectivity index (χ0v) is 8.09. The summed E-state index contributed by atoms with van der Waals surface area (Å²) < 4.78 is 38.0. The number of nitrogens with zero attached hydrogens (tertiary/aromatic N) is 2. The van der Waals surface area contributed by atoms with Crippen molar-refractivity contribution in [2.45, 2.75) is 19.1 Å². The van der Waals surface area contributed by atoms with Crippen LogP contribution in [0.3, 0.4) is 0 Å². The SMILES string of the molecule is FC(F)(F)c1cnn(CCC2CNC2)c1. The van der Waals surface area contributed by atoms with Crippen LogP contribution >= 0.6 is 0 Å². The number of nitrogens with one attached hydrogen (secondary N) is 1. The molecule has 0 aromatic carbocycles. The van der Waals surface area contributed by atoms with Gasteiger partial charge in [-0.1, -0.05) is 0 Å². The third kappa shape index (κ3) is 2.50. The van der Waals surface area contributed by atoms with E-state index < -0.39 is 11.7 Å². The molecule has 1 N–H and O–H groups in total. The maximum Gasteiger partial charge on any atom is 0.419 e. The van der Waals surface area contributed by atoms with Gasteiger partial charge in [-0.15, -0.1) is 0 Å². The van der Waals surface area contributed by atoms with Gasteiger partial charge >= 0.3 is 6.18 Å². The highest BCUT2D eigenvalue weighted by atomic mass is 19.4. The van der Waals surface area contributed by atoms with E-state index in [9.17, 15) is 13.2 Å². The number of aromatic nitrogens is 2. The van der Waals surface area contributed by atoms with E-state index in [2.05, 4.69) is 10.4 Å². The van der Waals surface area contributed by atoms with E-state index in [1.54, 1.807) is 0 Å². The Kier molecular flexibility index (Phi) is 2.68. The average molecular weight is 219 g/mol. The molecule has 0 saturated carbocycles. The lowest BCUT2D eigenvalue weighted by Gasteiger charge is -2.26. The Balaban J connectivity index is 1.89. The lowest BCUT2D eigenvalue weighted by atomic mass is 10.00. The molecule has 1 aromatic heterocycles. The molecule has 1 aromatic rings. The van der Waals surface area contributed by atoms with Crippen LogP contribution in [0.25, 0.3) is 0 Å². The van der Waals surface area contributed by atoms with E-state index in [0.29, 0.717) is 12.5 Å². The average Bonchev–Trinajstić information content (AvgIpc) is 2.48. The van der Waals surface area contributed by atoms with Crippen molar-refractivity contribution in [2.75, 3.05) is 13.1 Å². The largest absolute Gasteiger partial charge is 0.419 e. The fraction of sp³-hybridized carbons (Fsp3) is 0.667. The monoisotopic (exact) mass is 219 g/mol. The molecule has 1 aliphatic rings. The Morgan fingerprint density at radius 1 is 1.47 bits per heavy atom. The fourth-order valence-electron chi connectivity index (χ4n) is 1.50. The quantitative estimate of drug-likeness (QED) is 0.835. The van der Waals surface area contributed by atoms with Gasteiger partial charge in [-0.05, 0) is 25.4 Å². The smallest absolute Gasteiger partial charge is 0.316 e. The number of rotatable bonds is 3. The summed E-state index contributed by atoms with van der Waals surface area (Å²) in [5.41, 5.74) is -0.672. The summed E-state index contributed by atoms with van der Waals surface area (Å²) in [5, 5.41) is 6.81. The van der Waals surface area contributed by atoms with Crippen LogP contribution in [0, 0.1) is 5.92 Å². The van der Waals surface area contributed by atoms with Crippen molar-refractivity contribution < 1.29 is 13.2 Å². The Labute approximate surface area is 85.3 Å². The van der Waals surface area contributed by atoms with Crippen molar-refractivity contribution >= 4 is 0 Å². The Morgan fingerprint density at radius 2 is 2.20 bits per heavy atom. The van der Waals surface area contributed by atoms with Gasteiger partial charge in [0, 0.05) is 12.7 Å². The van der Waals surface area contributed by atoms with E-state index in [1.807, 2.05) is 0 Å². The standard InChI is InChI=1S/C9H12F3N3/c10-9(11,12)8-5-14-15(6-8)2-1-7-3-13-4-7/h5-7,13H,1-4H2. The molecule has 6 heteroatoms. The van der Waals surface area contributed by atoms with Crippen LogP contribution in [0.2, 0.25) is 0 Å². The lowest BCUT2D eigenvalue weighted by molar-refractivity contribution is -0.137. The highest BCUT2D eigenvalue weighted by Crippen LogP contribution is 2.28. The minimum atomic E-state index is -4.28. The molecule has 1 fully saturated rings. The first-order chi connectivity index (χ1) is 7.05. The van der Waals surface area contributed by atoms with Crippen LogP contribution in [0.1, 0.15) is 12.0 Å². The van der Waals surface area contributed by atoms with Gasteiger partial charge in [0.2, 0.25) is 0 Å². The first-order valence-corrected chi connectivity index (χ1v) is 4.86. The fourth-order valence-corrected chi connectivity index (χ4v) is 1.50. The molecule has 15 heavy (non-hydrogen) atoms. The van der Waals surface area contributed by atoms with Crippen molar-refractivity contribution in [1.82, 2.24) is 15.1 Å². The predicted octanol–water partition coefficient (Wildman–Crippen LogP) is 1.51. The van der Waals surface area contributed by atoms with Crippen molar-refractivity contribution in [1.29, 1.82) is 0 Å². The molecule has 0 bridgehead atoms. The molecule has 2 heterocycles. The molecule has 84 valence electrons. The zero-order valence-electron chi connectivity index (χ0n) is 8.09. The molecule has 0 aliphatic carbocycles. The minimum absolute atomic E-state index is 0.558. The normalized spacial score (nSPS) is 17.8. The van der Waals surface area contributed by atoms with Gasteiger partial charge in [-0.2, -0.15) is 18.3 Å². The van der Waals surface area contributed by atoms with E-state index >= 15 is 0 Å². The second kappa shape index (κ2) is 3.84. The molecule has 3 nitrogen and oxygen atoms in total. The number of hydrogen-bond acceptors (Lipinski definition) is 2. The van der Waals surface area contributed by atoms with Crippen LogP contribution in [0.5, 0.6) is 0 Å². The number of alkyl halides is 3. The number of aryl methyl sites for hydroxylation is 1. The maximum atomic E-state index is 12.2. The van der Waals surface area contributed by atoms with Gasteiger partial charge in [0.25, 0.3) is 0 Å². The minimum Gasteiger partial charge on any atom is -0.316 e. The predicted molar refractivity (Wildman–Crippen MR) is 48.2 cm³/mol. The topological polar surface area (TPSA) is 29.9 Å². The molecular weight excluding hydrogens is 207 g/mol. The maximum absolute atomic E-state index is 12.2. The summed E-state index contributed by atoms with van der Waals surface area (Å²) in [6.07, 6.45) is -1.46. The second-order valence-electron chi connectivity index (χ2n) is 3.80.